The summed E-state index contributed by atoms with van der Waals surface area (Å²) in [5.74, 6) is -0.0117. The molecule has 0 atom stereocenters. The Balaban J connectivity index is 3.16. The molecular weight excluding hydrogens is 320 g/mol. The van der Waals surface area contributed by atoms with Crippen LogP contribution in [-0.4, -0.2) is 12.6 Å². The monoisotopic (exact) mass is 366 g/mol. The van der Waals surface area contributed by atoms with Gasteiger partial charge in [-0.1, -0.05) is 96.6 Å². The second-order valence-electron chi connectivity index (χ2n) is 7.62. The Morgan fingerprint density at radius 1 is 0.615 bits per heavy atom. The fourth-order valence-electron chi connectivity index (χ4n) is 3.10. The molecule has 0 aliphatic rings. The van der Waals surface area contributed by atoms with E-state index in [1.807, 2.05) is 0 Å². The molecule has 0 aromatic carbocycles. The van der Waals surface area contributed by atoms with E-state index in [0.29, 0.717) is 13.0 Å². The van der Waals surface area contributed by atoms with Crippen molar-refractivity contribution in [2.75, 3.05) is 6.61 Å². The summed E-state index contributed by atoms with van der Waals surface area (Å²) in [4.78, 5) is 11.4. The Bertz CT molecular complexity index is 309. The molecule has 26 heavy (non-hydrogen) atoms. The van der Waals surface area contributed by atoms with Gasteiger partial charge in [0.05, 0.1) is 6.61 Å². The molecule has 154 valence electrons. The largest absolute Gasteiger partial charge is 0.466 e. The summed E-state index contributed by atoms with van der Waals surface area (Å²) in [6.07, 6.45) is 27.1. The standard InChI is InChI=1S/C24H46O2/c1-3-5-7-8-9-10-11-12-13-14-15-16-17-18-19-20-21-22-24(25)26-23-6-4-2/h14-15H,3-13,16-23H2,1-2H3/b15-14-. The summed E-state index contributed by atoms with van der Waals surface area (Å²) < 4.78 is 5.16. The summed E-state index contributed by atoms with van der Waals surface area (Å²) in [7, 11) is 0. The van der Waals surface area contributed by atoms with Crippen LogP contribution in [-0.2, 0) is 9.53 Å². The van der Waals surface area contributed by atoms with Crippen molar-refractivity contribution in [1.82, 2.24) is 0 Å². The van der Waals surface area contributed by atoms with E-state index in [1.165, 1.54) is 83.5 Å². The molecule has 0 rings (SSSR count). The molecule has 0 aliphatic heterocycles. The van der Waals surface area contributed by atoms with Crippen molar-refractivity contribution >= 4 is 5.97 Å². The zero-order chi connectivity index (χ0) is 19.1. The zero-order valence-electron chi connectivity index (χ0n) is 17.9. The lowest BCUT2D eigenvalue weighted by Crippen LogP contribution is -2.05. The first-order valence-corrected chi connectivity index (χ1v) is 11.6. The van der Waals surface area contributed by atoms with Gasteiger partial charge in [-0.3, -0.25) is 4.79 Å². The zero-order valence-corrected chi connectivity index (χ0v) is 17.9. The van der Waals surface area contributed by atoms with Gasteiger partial charge in [0.1, 0.15) is 0 Å². The van der Waals surface area contributed by atoms with Crippen LogP contribution in [0, 0.1) is 0 Å². The molecule has 0 saturated heterocycles. The highest BCUT2D eigenvalue weighted by Gasteiger charge is 2.01. The van der Waals surface area contributed by atoms with Crippen molar-refractivity contribution in [2.24, 2.45) is 0 Å². The van der Waals surface area contributed by atoms with Crippen LogP contribution in [0.15, 0.2) is 12.2 Å². The fraction of sp³-hybridized carbons (Fsp3) is 0.875. The molecule has 0 amide bonds. The SMILES string of the molecule is CCCCCCCCCC/C=C\CCCCCCCC(=O)OCCCC. The van der Waals surface area contributed by atoms with Gasteiger partial charge in [-0.25, -0.2) is 0 Å². The number of rotatable bonds is 20. The Morgan fingerprint density at radius 2 is 1.08 bits per heavy atom. The lowest BCUT2D eigenvalue weighted by molar-refractivity contribution is -0.143. The summed E-state index contributed by atoms with van der Waals surface area (Å²) >= 11 is 0. The Morgan fingerprint density at radius 3 is 1.62 bits per heavy atom. The molecule has 0 heterocycles. The Kier molecular flexibility index (Phi) is 21.6. The maximum Gasteiger partial charge on any atom is 0.305 e. The van der Waals surface area contributed by atoms with Gasteiger partial charge in [-0.15, -0.1) is 0 Å². The molecule has 0 N–H and O–H groups in total. The lowest BCUT2D eigenvalue weighted by atomic mass is 10.1. The van der Waals surface area contributed by atoms with Crippen molar-refractivity contribution in [2.45, 2.75) is 129 Å². The minimum atomic E-state index is -0.0117. The number of esters is 1. The Hall–Kier alpha value is -0.790. The third kappa shape index (κ3) is 21.3. The van der Waals surface area contributed by atoms with Crippen LogP contribution in [0.25, 0.3) is 0 Å². The summed E-state index contributed by atoms with van der Waals surface area (Å²) in [6, 6.07) is 0. The number of carbonyl (C=O) groups is 1. The van der Waals surface area contributed by atoms with Gasteiger partial charge in [-0.2, -0.15) is 0 Å². The van der Waals surface area contributed by atoms with Gasteiger partial charge >= 0.3 is 5.97 Å². The molecule has 0 fully saturated rings. The van der Waals surface area contributed by atoms with E-state index in [2.05, 4.69) is 26.0 Å². The van der Waals surface area contributed by atoms with Crippen LogP contribution < -0.4 is 0 Å². The normalized spacial score (nSPS) is 11.3. The first kappa shape index (κ1) is 25.2. The lowest BCUT2D eigenvalue weighted by Gasteiger charge is -2.03. The van der Waals surface area contributed by atoms with Crippen LogP contribution in [0.2, 0.25) is 0 Å². The van der Waals surface area contributed by atoms with Crippen LogP contribution >= 0.6 is 0 Å². The van der Waals surface area contributed by atoms with Gasteiger partial charge in [-0.05, 0) is 38.5 Å². The predicted molar refractivity (Wildman–Crippen MR) is 115 cm³/mol. The smallest absolute Gasteiger partial charge is 0.305 e. The third-order valence-electron chi connectivity index (χ3n) is 4.90. The molecule has 2 heteroatoms. The summed E-state index contributed by atoms with van der Waals surface area (Å²) in [5, 5.41) is 0. The van der Waals surface area contributed by atoms with E-state index < -0.39 is 0 Å². The van der Waals surface area contributed by atoms with Crippen LogP contribution in [0.4, 0.5) is 0 Å². The average Bonchev–Trinajstić information content (AvgIpc) is 2.64. The van der Waals surface area contributed by atoms with Gasteiger partial charge in [0, 0.05) is 6.42 Å². The van der Waals surface area contributed by atoms with Gasteiger partial charge in [0.15, 0.2) is 0 Å². The van der Waals surface area contributed by atoms with E-state index in [9.17, 15) is 4.79 Å². The number of carbonyl (C=O) groups excluding carboxylic acids is 1. The molecule has 0 bridgehead atoms. The highest BCUT2D eigenvalue weighted by Crippen LogP contribution is 2.11. The molecule has 0 saturated carbocycles. The molecule has 0 radical (unpaired) electrons. The van der Waals surface area contributed by atoms with Crippen LogP contribution in [0.3, 0.4) is 0 Å². The first-order valence-electron chi connectivity index (χ1n) is 11.6. The average molecular weight is 367 g/mol. The van der Waals surface area contributed by atoms with Crippen molar-refractivity contribution in [3.05, 3.63) is 12.2 Å². The van der Waals surface area contributed by atoms with E-state index in [1.54, 1.807) is 0 Å². The van der Waals surface area contributed by atoms with E-state index in [0.717, 1.165) is 25.7 Å². The molecule has 0 aromatic heterocycles. The molecule has 0 unspecified atom stereocenters. The van der Waals surface area contributed by atoms with Crippen molar-refractivity contribution in [1.29, 1.82) is 0 Å². The minimum Gasteiger partial charge on any atom is -0.466 e. The quantitative estimate of drug-likeness (QED) is 0.123. The first-order chi connectivity index (χ1) is 12.8. The van der Waals surface area contributed by atoms with Gasteiger partial charge in [0.25, 0.3) is 0 Å². The number of allylic oxidation sites excluding steroid dienone is 2. The van der Waals surface area contributed by atoms with E-state index >= 15 is 0 Å². The Labute approximate surface area is 164 Å². The van der Waals surface area contributed by atoms with Crippen molar-refractivity contribution in [3.8, 4) is 0 Å². The number of unbranched alkanes of at least 4 members (excludes halogenated alkanes) is 14. The van der Waals surface area contributed by atoms with Crippen molar-refractivity contribution in [3.63, 3.8) is 0 Å². The third-order valence-corrected chi connectivity index (χ3v) is 4.90. The minimum absolute atomic E-state index is 0.0117. The number of hydrogen-bond acceptors (Lipinski definition) is 2. The maximum absolute atomic E-state index is 11.4. The molecule has 2 nitrogen and oxygen atoms in total. The second-order valence-corrected chi connectivity index (χ2v) is 7.62. The molecular formula is C24H46O2. The van der Waals surface area contributed by atoms with Crippen molar-refractivity contribution < 1.29 is 9.53 Å². The van der Waals surface area contributed by atoms with Gasteiger partial charge in [0.2, 0.25) is 0 Å². The van der Waals surface area contributed by atoms with Gasteiger partial charge < -0.3 is 4.74 Å². The highest BCUT2D eigenvalue weighted by atomic mass is 16.5. The molecule has 0 aliphatic carbocycles. The van der Waals surface area contributed by atoms with E-state index in [-0.39, 0.29) is 5.97 Å². The van der Waals surface area contributed by atoms with E-state index in [4.69, 9.17) is 4.74 Å². The maximum atomic E-state index is 11.4. The second kappa shape index (κ2) is 22.3. The number of ether oxygens (including phenoxy) is 1. The predicted octanol–water partition coefficient (Wildman–Crippen LogP) is 8.15. The molecule has 0 aromatic rings. The summed E-state index contributed by atoms with van der Waals surface area (Å²) in [5.41, 5.74) is 0. The molecule has 0 spiro atoms. The summed E-state index contributed by atoms with van der Waals surface area (Å²) in [6.45, 7) is 4.99. The highest BCUT2D eigenvalue weighted by molar-refractivity contribution is 5.69. The topological polar surface area (TPSA) is 26.3 Å². The number of hydrogen-bond donors (Lipinski definition) is 0. The fourth-order valence-corrected chi connectivity index (χ4v) is 3.10. The van der Waals surface area contributed by atoms with Crippen LogP contribution in [0.1, 0.15) is 129 Å². The van der Waals surface area contributed by atoms with Crippen LogP contribution in [0.5, 0.6) is 0 Å².